The van der Waals surface area contributed by atoms with E-state index >= 15 is 0 Å². The molecule has 0 bridgehead atoms. The van der Waals surface area contributed by atoms with Crippen LogP contribution in [-0.2, 0) is 15.7 Å². The molecule has 0 aliphatic carbocycles. The number of carbonyl (C=O) groups excluding carboxylic acids is 1. The van der Waals surface area contributed by atoms with E-state index in [1.54, 1.807) is 6.92 Å². The Hall–Kier alpha value is -1.63. The van der Waals surface area contributed by atoms with Gasteiger partial charge in [0.1, 0.15) is 5.37 Å². The third-order valence-electron chi connectivity index (χ3n) is 3.19. The van der Waals surface area contributed by atoms with Crippen LogP contribution in [0.1, 0.15) is 36.8 Å². The molecule has 1 atom stereocenters. The summed E-state index contributed by atoms with van der Waals surface area (Å²) in [6, 6.07) is 5.04. The highest BCUT2D eigenvalue weighted by Crippen LogP contribution is 2.41. The van der Waals surface area contributed by atoms with E-state index in [9.17, 15) is 18.0 Å². The van der Waals surface area contributed by atoms with Crippen molar-refractivity contribution < 1.29 is 22.7 Å². The van der Waals surface area contributed by atoms with Crippen LogP contribution in [0.4, 0.5) is 13.2 Å². The molecule has 0 saturated heterocycles. The number of hydrogen-bond acceptors (Lipinski definition) is 4. The first-order chi connectivity index (χ1) is 10.3. The van der Waals surface area contributed by atoms with E-state index in [2.05, 4.69) is 5.32 Å². The van der Waals surface area contributed by atoms with Gasteiger partial charge in [0.2, 0.25) is 0 Å². The summed E-state index contributed by atoms with van der Waals surface area (Å²) in [5.41, 5.74) is 0.820. The van der Waals surface area contributed by atoms with Gasteiger partial charge in [0, 0.05) is 10.6 Å². The lowest BCUT2D eigenvalue weighted by Crippen LogP contribution is -2.17. The van der Waals surface area contributed by atoms with Crippen molar-refractivity contribution in [2.24, 2.45) is 0 Å². The van der Waals surface area contributed by atoms with E-state index in [1.807, 2.05) is 6.92 Å². The summed E-state index contributed by atoms with van der Waals surface area (Å²) in [6.45, 7) is 3.93. The Morgan fingerprint density at radius 2 is 1.95 bits per heavy atom. The lowest BCUT2D eigenvalue weighted by molar-refractivity contribution is -0.142. The highest BCUT2D eigenvalue weighted by molar-refractivity contribution is 8.03. The highest BCUT2D eigenvalue weighted by atomic mass is 32.2. The molecule has 3 nitrogen and oxygen atoms in total. The van der Waals surface area contributed by atoms with Crippen LogP contribution in [0.3, 0.4) is 0 Å². The lowest BCUT2D eigenvalue weighted by atomic mass is 10.1. The fraction of sp³-hybridized carbons (Fsp3) is 0.400. The average molecular weight is 331 g/mol. The van der Waals surface area contributed by atoms with Gasteiger partial charge in [-0.1, -0.05) is 23.9 Å². The third-order valence-corrected chi connectivity index (χ3v) is 4.42. The second-order valence-electron chi connectivity index (χ2n) is 4.78. The monoisotopic (exact) mass is 331 g/mol. The van der Waals surface area contributed by atoms with E-state index in [-0.39, 0.29) is 17.8 Å². The Bertz CT molecular complexity index is 581. The van der Waals surface area contributed by atoms with E-state index in [4.69, 9.17) is 4.74 Å². The molecule has 0 amide bonds. The van der Waals surface area contributed by atoms with Crippen molar-refractivity contribution in [2.75, 3.05) is 6.61 Å². The summed E-state index contributed by atoms with van der Waals surface area (Å²) in [5.74, 6) is -0.321. The second-order valence-corrected chi connectivity index (χ2v) is 6.10. The predicted molar refractivity (Wildman–Crippen MR) is 78.9 cm³/mol. The Labute approximate surface area is 130 Å². The van der Waals surface area contributed by atoms with Crippen LogP contribution in [-0.4, -0.2) is 12.6 Å². The van der Waals surface area contributed by atoms with Crippen molar-refractivity contribution in [3.05, 3.63) is 46.0 Å². The number of nitrogens with one attached hydrogen (secondary N) is 1. The molecule has 1 N–H and O–H groups in total. The number of ether oxygens (including phenoxy) is 1. The first kappa shape index (κ1) is 16.7. The Morgan fingerprint density at radius 3 is 2.50 bits per heavy atom. The number of alkyl halides is 3. The lowest BCUT2D eigenvalue weighted by Gasteiger charge is -2.14. The van der Waals surface area contributed by atoms with E-state index in [0.29, 0.717) is 6.61 Å². The number of rotatable bonds is 4. The van der Waals surface area contributed by atoms with Gasteiger partial charge in [0.15, 0.2) is 0 Å². The van der Waals surface area contributed by atoms with Gasteiger partial charge in [-0.2, -0.15) is 13.2 Å². The average Bonchev–Trinajstić information content (AvgIpc) is 2.79. The van der Waals surface area contributed by atoms with Gasteiger partial charge in [0.05, 0.1) is 18.6 Å². The van der Waals surface area contributed by atoms with E-state index in [1.165, 1.54) is 23.9 Å². The molecule has 1 heterocycles. The molecular weight excluding hydrogens is 315 g/mol. The molecule has 1 aromatic carbocycles. The Balaban J connectivity index is 2.03. The molecule has 2 rings (SSSR count). The van der Waals surface area contributed by atoms with Crippen LogP contribution < -0.4 is 5.32 Å². The van der Waals surface area contributed by atoms with Gasteiger partial charge in [-0.05, 0) is 31.5 Å². The maximum atomic E-state index is 12.6. The molecule has 0 radical (unpaired) electrons. The number of benzene rings is 1. The van der Waals surface area contributed by atoms with Crippen molar-refractivity contribution >= 4 is 17.7 Å². The van der Waals surface area contributed by atoms with Crippen LogP contribution in [0.2, 0.25) is 0 Å². The number of thioether (sulfide) groups is 1. The van der Waals surface area contributed by atoms with Crippen molar-refractivity contribution in [2.45, 2.75) is 31.8 Å². The molecule has 1 unspecified atom stereocenters. The fourth-order valence-corrected chi connectivity index (χ4v) is 3.19. The Kier molecular flexibility index (Phi) is 5.05. The number of carbonyl (C=O) groups is 1. The van der Waals surface area contributed by atoms with Crippen molar-refractivity contribution in [3.8, 4) is 0 Å². The van der Waals surface area contributed by atoms with Gasteiger partial charge in [0.25, 0.3) is 0 Å². The number of allylic oxidation sites excluding steroid dienone is 1. The minimum Gasteiger partial charge on any atom is -0.466 e. The number of halogens is 3. The van der Waals surface area contributed by atoms with Crippen molar-refractivity contribution in [1.82, 2.24) is 5.32 Å². The summed E-state index contributed by atoms with van der Waals surface area (Å²) < 4.78 is 42.6. The van der Waals surface area contributed by atoms with E-state index < -0.39 is 11.7 Å². The summed E-state index contributed by atoms with van der Waals surface area (Å²) in [5, 5.41) is 2.98. The minimum absolute atomic E-state index is 0.143. The van der Waals surface area contributed by atoms with Gasteiger partial charge < -0.3 is 10.1 Å². The highest BCUT2D eigenvalue weighted by Gasteiger charge is 2.31. The second kappa shape index (κ2) is 6.64. The Morgan fingerprint density at radius 1 is 1.32 bits per heavy atom. The number of hydrogen-bond donors (Lipinski definition) is 1. The zero-order valence-electron chi connectivity index (χ0n) is 12.2. The maximum absolute atomic E-state index is 12.6. The zero-order valence-corrected chi connectivity index (χ0v) is 13.0. The van der Waals surface area contributed by atoms with Crippen LogP contribution in [0.15, 0.2) is 34.9 Å². The molecule has 1 aliphatic heterocycles. The van der Waals surface area contributed by atoms with Gasteiger partial charge in [-0.15, -0.1) is 0 Å². The molecule has 7 heteroatoms. The van der Waals surface area contributed by atoms with Crippen LogP contribution >= 0.6 is 11.8 Å². The predicted octanol–water partition coefficient (Wildman–Crippen LogP) is 4.23. The molecule has 22 heavy (non-hydrogen) atoms. The molecule has 0 aromatic heterocycles. The van der Waals surface area contributed by atoms with E-state index in [0.717, 1.165) is 28.3 Å². The molecule has 120 valence electrons. The molecular formula is C15H16F3NO2S. The van der Waals surface area contributed by atoms with Gasteiger partial charge in [-0.3, -0.25) is 4.79 Å². The summed E-state index contributed by atoms with van der Waals surface area (Å²) in [4.78, 5) is 12.5. The quantitative estimate of drug-likeness (QED) is 0.838. The van der Waals surface area contributed by atoms with Crippen molar-refractivity contribution in [1.29, 1.82) is 0 Å². The maximum Gasteiger partial charge on any atom is 0.416 e. The number of esters is 1. The standard InChI is InChI=1S/C15H16F3NO2S/c1-3-21-13(20)8-12-9(2)22-14(19-12)10-4-6-11(7-5-10)15(16,17)18/h4-7,14,19H,3,8H2,1-2H3. The first-order valence-corrected chi connectivity index (χ1v) is 7.65. The van der Waals surface area contributed by atoms with Gasteiger partial charge in [-0.25, -0.2) is 0 Å². The summed E-state index contributed by atoms with van der Waals surface area (Å²) in [6.07, 6.45) is -4.19. The van der Waals surface area contributed by atoms with Crippen molar-refractivity contribution in [3.63, 3.8) is 0 Å². The molecule has 1 aromatic rings. The minimum atomic E-state index is -4.34. The summed E-state index contributed by atoms with van der Waals surface area (Å²) in [7, 11) is 0. The smallest absolute Gasteiger partial charge is 0.416 e. The molecule has 0 saturated carbocycles. The van der Waals surface area contributed by atoms with Gasteiger partial charge >= 0.3 is 12.1 Å². The summed E-state index contributed by atoms with van der Waals surface area (Å²) >= 11 is 1.48. The van der Waals surface area contributed by atoms with Crippen LogP contribution in [0, 0.1) is 0 Å². The molecule has 1 aliphatic rings. The fourth-order valence-electron chi connectivity index (χ4n) is 2.07. The van der Waals surface area contributed by atoms with Crippen LogP contribution in [0.5, 0.6) is 0 Å². The topological polar surface area (TPSA) is 38.3 Å². The van der Waals surface area contributed by atoms with Crippen LogP contribution in [0.25, 0.3) is 0 Å². The zero-order chi connectivity index (χ0) is 16.3. The first-order valence-electron chi connectivity index (χ1n) is 6.77. The molecule has 0 spiro atoms. The third kappa shape index (κ3) is 3.97. The normalized spacial score (nSPS) is 18.3. The largest absolute Gasteiger partial charge is 0.466 e. The molecule has 0 fully saturated rings. The SMILES string of the molecule is CCOC(=O)CC1=C(C)SC(c2ccc(C(F)(F)F)cc2)N1.